The van der Waals surface area contributed by atoms with E-state index in [0.29, 0.717) is 12.2 Å². The van der Waals surface area contributed by atoms with Gasteiger partial charge in [-0.3, -0.25) is 9.78 Å². The number of anilines is 2. The molecule has 116 valence electrons. The second-order valence-electron chi connectivity index (χ2n) is 5.14. The zero-order chi connectivity index (χ0) is 15.9. The number of benzene rings is 1. The van der Waals surface area contributed by atoms with Gasteiger partial charge >= 0.3 is 0 Å². The van der Waals surface area contributed by atoms with Crippen LogP contribution in [0.2, 0.25) is 0 Å². The van der Waals surface area contributed by atoms with Crippen LogP contribution in [-0.4, -0.2) is 23.5 Å². The topological polar surface area (TPSA) is 63.2 Å². The van der Waals surface area contributed by atoms with Crippen molar-refractivity contribution in [3.63, 3.8) is 0 Å². The van der Waals surface area contributed by atoms with Crippen LogP contribution >= 0.6 is 0 Å². The maximum Gasteiger partial charge on any atom is 0.253 e. The van der Waals surface area contributed by atoms with Crippen LogP contribution in [0.25, 0.3) is 0 Å². The molecule has 0 saturated heterocycles. The molecule has 1 aromatic heterocycles. The number of aromatic nitrogens is 1. The maximum absolute atomic E-state index is 12.0. The van der Waals surface area contributed by atoms with E-state index in [1.807, 2.05) is 45.0 Å². The van der Waals surface area contributed by atoms with Crippen molar-refractivity contribution in [1.29, 1.82) is 0 Å². The molecule has 0 bridgehead atoms. The predicted octanol–water partition coefficient (Wildman–Crippen LogP) is 3.36. The molecular weight excluding hydrogens is 278 g/mol. The molecule has 1 aromatic carbocycles. The summed E-state index contributed by atoms with van der Waals surface area (Å²) < 4.78 is 5.58. The second kappa shape index (κ2) is 7.45. The number of rotatable bonds is 6. The average molecular weight is 299 g/mol. The molecule has 0 aliphatic heterocycles. The molecule has 5 nitrogen and oxygen atoms in total. The van der Waals surface area contributed by atoms with E-state index < -0.39 is 0 Å². The third-order valence-corrected chi connectivity index (χ3v) is 2.89. The first kappa shape index (κ1) is 15.8. The van der Waals surface area contributed by atoms with Gasteiger partial charge in [-0.2, -0.15) is 0 Å². The number of carbonyl (C=O) groups is 1. The monoisotopic (exact) mass is 299 g/mol. The van der Waals surface area contributed by atoms with Crippen LogP contribution < -0.4 is 15.4 Å². The lowest BCUT2D eigenvalue weighted by atomic mass is 10.2. The molecule has 0 aliphatic carbocycles. The van der Waals surface area contributed by atoms with E-state index in [0.717, 1.165) is 17.1 Å². The molecule has 2 rings (SSSR count). The van der Waals surface area contributed by atoms with E-state index in [1.54, 1.807) is 18.5 Å². The van der Waals surface area contributed by atoms with Gasteiger partial charge in [-0.1, -0.05) is 12.1 Å². The van der Waals surface area contributed by atoms with E-state index in [4.69, 9.17) is 4.74 Å². The SMILES string of the molecule is CCOc1ccccc1Nc1cncc(C(=O)NC(C)C)c1. The third-order valence-electron chi connectivity index (χ3n) is 2.89. The lowest BCUT2D eigenvalue weighted by molar-refractivity contribution is 0.0943. The molecular formula is C17H21N3O2. The molecule has 0 atom stereocenters. The largest absolute Gasteiger partial charge is 0.492 e. The molecule has 2 N–H and O–H groups in total. The van der Waals surface area contributed by atoms with E-state index in [9.17, 15) is 4.79 Å². The Balaban J connectivity index is 2.19. The van der Waals surface area contributed by atoms with Crippen molar-refractivity contribution in [1.82, 2.24) is 10.3 Å². The van der Waals surface area contributed by atoms with Crippen LogP contribution in [0.4, 0.5) is 11.4 Å². The number of ether oxygens (including phenoxy) is 1. The zero-order valence-corrected chi connectivity index (χ0v) is 13.1. The molecule has 0 radical (unpaired) electrons. The Morgan fingerprint density at radius 3 is 2.77 bits per heavy atom. The summed E-state index contributed by atoms with van der Waals surface area (Å²) in [5, 5.41) is 6.09. The van der Waals surface area contributed by atoms with Gasteiger partial charge in [0.25, 0.3) is 5.91 Å². The molecule has 5 heteroatoms. The van der Waals surface area contributed by atoms with Crippen molar-refractivity contribution >= 4 is 17.3 Å². The number of nitrogens with zero attached hydrogens (tertiary/aromatic N) is 1. The van der Waals surface area contributed by atoms with Crippen LogP contribution in [0.15, 0.2) is 42.7 Å². The number of hydrogen-bond acceptors (Lipinski definition) is 4. The quantitative estimate of drug-likeness (QED) is 0.858. The number of pyridine rings is 1. The number of hydrogen-bond donors (Lipinski definition) is 2. The highest BCUT2D eigenvalue weighted by Gasteiger charge is 2.09. The molecule has 0 aliphatic rings. The van der Waals surface area contributed by atoms with Gasteiger partial charge in [-0.05, 0) is 39.0 Å². The molecule has 1 heterocycles. The maximum atomic E-state index is 12.0. The lowest BCUT2D eigenvalue weighted by Gasteiger charge is -2.13. The Kier molecular flexibility index (Phi) is 5.36. The second-order valence-corrected chi connectivity index (χ2v) is 5.14. The summed E-state index contributed by atoms with van der Waals surface area (Å²) >= 11 is 0. The average Bonchev–Trinajstić information content (AvgIpc) is 2.49. The fraction of sp³-hybridized carbons (Fsp3) is 0.294. The van der Waals surface area contributed by atoms with Crippen molar-refractivity contribution in [3.8, 4) is 5.75 Å². The molecule has 1 amide bonds. The van der Waals surface area contributed by atoms with Gasteiger partial charge in [0.1, 0.15) is 5.75 Å². The van der Waals surface area contributed by atoms with Crippen LogP contribution in [-0.2, 0) is 0 Å². The number of carbonyl (C=O) groups excluding carboxylic acids is 1. The Labute approximate surface area is 130 Å². The summed E-state index contributed by atoms with van der Waals surface area (Å²) in [5.74, 6) is 0.631. The van der Waals surface area contributed by atoms with E-state index in [2.05, 4.69) is 15.6 Å². The van der Waals surface area contributed by atoms with Crippen molar-refractivity contribution in [3.05, 3.63) is 48.3 Å². The van der Waals surface area contributed by atoms with Gasteiger partial charge in [-0.25, -0.2) is 0 Å². The highest BCUT2D eigenvalue weighted by atomic mass is 16.5. The standard InChI is InChI=1S/C17H21N3O2/c1-4-22-16-8-6-5-7-15(16)20-14-9-13(10-18-11-14)17(21)19-12(2)3/h5-12,20H,4H2,1-3H3,(H,19,21). The van der Waals surface area contributed by atoms with Crippen molar-refractivity contribution in [2.24, 2.45) is 0 Å². The first-order valence-electron chi connectivity index (χ1n) is 7.35. The normalized spacial score (nSPS) is 10.4. The molecule has 0 unspecified atom stereocenters. The molecule has 2 aromatic rings. The van der Waals surface area contributed by atoms with Gasteiger partial charge in [0, 0.05) is 12.2 Å². The minimum Gasteiger partial charge on any atom is -0.492 e. The molecule has 22 heavy (non-hydrogen) atoms. The number of nitrogens with one attached hydrogen (secondary N) is 2. The Hall–Kier alpha value is -2.56. The van der Waals surface area contributed by atoms with Gasteiger partial charge in [-0.15, -0.1) is 0 Å². The van der Waals surface area contributed by atoms with E-state index >= 15 is 0 Å². The predicted molar refractivity (Wildman–Crippen MR) is 87.7 cm³/mol. The van der Waals surface area contributed by atoms with Crippen molar-refractivity contribution in [2.75, 3.05) is 11.9 Å². The Bertz CT molecular complexity index is 641. The summed E-state index contributed by atoms with van der Waals surface area (Å²) in [5.41, 5.74) is 2.10. The van der Waals surface area contributed by atoms with Gasteiger partial charge in [0.15, 0.2) is 0 Å². The van der Waals surface area contributed by atoms with E-state index in [-0.39, 0.29) is 11.9 Å². The first-order chi connectivity index (χ1) is 10.6. The highest BCUT2D eigenvalue weighted by molar-refractivity contribution is 5.95. The van der Waals surface area contributed by atoms with Crippen LogP contribution in [0, 0.1) is 0 Å². The molecule has 0 spiro atoms. The van der Waals surface area contributed by atoms with Gasteiger partial charge < -0.3 is 15.4 Å². The Morgan fingerprint density at radius 1 is 1.27 bits per heavy atom. The van der Waals surface area contributed by atoms with Gasteiger partial charge in [0.2, 0.25) is 0 Å². The summed E-state index contributed by atoms with van der Waals surface area (Å²) in [6, 6.07) is 9.52. The zero-order valence-electron chi connectivity index (χ0n) is 13.1. The summed E-state index contributed by atoms with van der Waals surface area (Å²) in [4.78, 5) is 16.1. The summed E-state index contributed by atoms with van der Waals surface area (Å²) in [6.07, 6.45) is 3.23. The van der Waals surface area contributed by atoms with Crippen LogP contribution in [0.5, 0.6) is 5.75 Å². The van der Waals surface area contributed by atoms with Crippen LogP contribution in [0.3, 0.4) is 0 Å². The number of para-hydroxylation sites is 2. The summed E-state index contributed by atoms with van der Waals surface area (Å²) in [6.45, 7) is 6.38. The molecule has 0 fully saturated rings. The smallest absolute Gasteiger partial charge is 0.253 e. The van der Waals surface area contributed by atoms with Crippen molar-refractivity contribution in [2.45, 2.75) is 26.8 Å². The fourth-order valence-corrected chi connectivity index (χ4v) is 1.98. The highest BCUT2D eigenvalue weighted by Crippen LogP contribution is 2.27. The van der Waals surface area contributed by atoms with Gasteiger partial charge in [0.05, 0.1) is 29.7 Å². The Morgan fingerprint density at radius 2 is 2.05 bits per heavy atom. The minimum absolute atomic E-state index is 0.0859. The van der Waals surface area contributed by atoms with E-state index in [1.165, 1.54) is 0 Å². The first-order valence-corrected chi connectivity index (χ1v) is 7.35. The fourth-order valence-electron chi connectivity index (χ4n) is 1.98. The lowest BCUT2D eigenvalue weighted by Crippen LogP contribution is -2.30. The summed E-state index contributed by atoms with van der Waals surface area (Å²) in [7, 11) is 0. The van der Waals surface area contributed by atoms with Crippen LogP contribution in [0.1, 0.15) is 31.1 Å². The van der Waals surface area contributed by atoms with Crippen molar-refractivity contribution < 1.29 is 9.53 Å². The third kappa shape index (κ3) is 4.22. The molecule has 0 saturated carbocycles. The minimum atomic E-state index is -0.135. The number of amides is 1.